The molecule has 0 amide bonds. The van der Waals surface area contributed by atoms with Crippen LogP contribution in [0.1, 0.15) is 12.0 Å². The minimum atomic E-state index is 0.109. The second-order valence-corrected chi connectivity index (χ2v) is 6.28. The zero-order valence-corrected chi connectivity index (χ0v) is 13.8. The van der Waals surface area contributed by atoms with E-state index in [4.69, 9.17) is 5.73 Å². The molecule has 3 N–H and O–H groups in total. The minimum Gasteiger partial charge on any atom is -0.327 e. The molecule has 0 aliphatic rings. The van der Waals surface area contributed by atoms with Gasteiger partial charge < -0.3 is 5.73 Å². The van der Waals surface area contributed by atoms with Crippen LogP contribution in [0.25, 0.3) is 22.2 Å². The molecule has 126 valence electrons. The Bertz CT molecular complexity index is 956. The molecule has 0 aliphatic carbocycles. The lowest BCUT2D eigenvalue weighted by Crippen LogP contribution is -2.24. The Morgan fingerprint density at radius 3 is 2.88 bits per heavy atom. The molecular formula is C19H20N6. The van der Waals surface area contributed by atoms with E-state index in [1.165, 1.54) is 5.56 Å². The SMILES string of the molecule is N[C@H](CCn1cc(-c2ccc3[nH]ncc3c2)nn1)Cc1ccccc1. The molecule has 0 radical (unpaired) electrons. The van der Waals surface area contributed by atoms with Crippen molar-refractivity contribution in [1.82, 2.24) is 25.2 Å². The van der Waals surface area contributed by atoms with E-state index in [0.29, 0.717) is 0 Å². The molecule has 0 fully saturated rings. The van der Waals surface area contributed by atoms with Crippen LogP contribution >= 0.6 is 0 Å². The lowest BCUT2D eigenvalue weighted by atomic mass is 10.0. The Morgan fingerprint density at radius 2 is 2.00 bits per heavy atom. The van der Waals surface area contributed by atoms with Gasteiger partial charge in [-0.3, -0.25) is 9.78 Å². The second-order valence-electron chi connectivity index (χ2n) is 6.28. The molecule has 25 heavy (non-hydrogen) atoms. The van der Waals surface area contributed by atoms with Gasteiger partial charge in [0.1, 0.15) is 5.69 Å². The van der Waals surface area contributed by atoms with Crippen LogP contribution in [0, 0.1) is 0 Å². The highest BCUT2D eigenvalue weighted by molar-refractivity contribution is 5.83. The molecule has 0 unspecified atom stereocenters. The molecule has 6 heteroatoms. The number of nitrogens with two attached hydrogens (primary N) is 1. The number of rotatable bonds is 6. The average molecular weight is 332 g/mol. The van der Waals surface area contributed by atoms with Gasteiger partial charge in [0.15, 0.2) is 0 Å². The Morgan fingerprint density at radius 1 is 1.12 bits per heavy atom. The van der Waals surface area contributed by atoms with Gasteiger partial charge in [0.2, 0.25) is 0 Å². The summed E-state index contributed by atoms with van der Waals surface area (Å²) in [5, 5.41) is 16.6. The van der Waals surface area contributed by atoms with Crippen molar-refractivity contribution >= 4 is 10.9 Å². The van der Waals surface area contributed by atoms with Crippen molar-refractivity contribution in [3.05, 3.63) is 66.5 Å². The molecule has 6 nitrogen and oxygen atoms in total. The van der Waals surface area contributed by atoms with E-state index in [-0.39, 0.29) is 6.04 Å². The average Bonchev–Trinajstić information content (AvgIpc) is 3.29. The summed E-state index contributed by atoms with van der Waals surface area (Å²) < 4.78 is 1.86. The van der Waals surface area contributed by atoms with Gasteiger partial charge >= 0.3 is 0 Å². The number of fused-ring (bicyclic) bond motifs is 1. The first-order valence-electron chi connectivity index (χ1n) is 8.41. The number of nitrogens with one attached hydrogen (secondary N) is 1. The highest BCUT2D eigenvalue weighted by atomic mass is 15.4. The van der Waals surface area contributed by atoms with Gasteiger partial charge in [-0.05, 0) is 30.5 Å². The molecular weight excluding hydrogens is 312 g/mol. The number of nitrogens with zero attached hydrogens (tertiary/aromatic N) is 4. The molecule has 0 saturated carbocycles. The highest BCUT2D eigenvalue weighted by Gasteiger charge is 2.08. The Hall–Kier alpha value is -2.99. The van der Waals surface area contributed by atoms with E-state index in [1.807, 2.05) is 47.4 Å². The summed E-state index contributed by atoms with van der Waals surface area (Å²) in [6, 6.07) is 16.5. The van der Waals surface area contributed by atoms with Crippen LogP contribution in [-0.4, -0.2) is 31.2 Å². The standard InChI is InChI=1S/C19H20N6/c20-17(10-14-4-2-1-3-5-14)8-9-25-13-19(23-24-25)15-6-7-18-16(11-15)12-21-22-18/h1-7,11-13,17H,8-10,20H2,(H,21,22)/t17-/m1/s1. The molecule has 0 spiro atoms. The maximum Gasteiger partial charge on any atom is 0.113 e. The molecule has 0 saturated heterocycles. The molecule has 4 rings (SSSR count). The zero-order valence-electron chi connectivity index (χ0n) is 13.8. The van der Waals surface area contributed by atoms with Crippen LogP contribution < -0.4 is 5.73 Å². The summed E-state index contributed by atoms with van der Waals surface area (Å²) in [5.74, 6) is 0. The number of H-pyrrole nitrogens is 1. The van der Waals surface area contributed by atoms with E-state index in [0.717, 1.165) is 41.5 Å². The largest absolute Gasteiger partial charge is 0.327 e. The van der Waals surface area contributed by atoms with E-state index in [2.05, 4.69) is 38.7 Å². The summed E-state index contributed by atoms with van der Waals surface area (Å²) in [4.78, 5) is 0. The number of aromatic nitrogens is 5. The number of hydrogen-bond acceptors (Lipinski definition) is 4. The minimum absolute atomic E-state index is 0.109. The van der Waals surface area contributed by atoms with Crippen LogP contribution in [0.15, 0.2) is 60.9 Å². The lowest BCUT2D eigenvalue weighted by Gasteiger charge is -2.11. The number of benzene rings is 2. The first-order valence-corrected chi connectivity index (χ1v) is 8.41. The fourth-order valence-electron chi connectivity index (χ4n) is 2.96. The van der Waals surface area contributed by atoms with Crippen molar-refractivity contribution in [2.45, 2.75) is 25.4 Å². The second kappa shape index (κ2) is 6.86. The van der Waals surface area contributed by atoms with Crippen LogP contribution in [0.2, 0.25) is 0 Å². The number of aromatic amines is 1. The van der Waals surface area contributed by atoms with E-state index in [1.54, 1.807) is 0 Å². The predicted molar refractivity (Wildman–Crippen MR) is 97.8 cm³/mol. The monoisotopic (exact) mass is 332 g/mol. The third-order valence-electron chi connectivity index (χ3n) is 4.34. The van der Waals surface area contributed by atoms with E-state index >= 15 is 0 Å². The summed E-state index contributed by atoms with van der Waals surface area (Å²) in [6.45, 7) is 0.759. The molecule has 2 aromatic carbocycles. The third kappa shape index (κ3) is 3.59. The molecule has 2 heterocycles. The Kier molecular flexibility index (Phi) is 4.26. The maximum absolute atomic E-state index is 6.25. The summed E-state index contributed by atoms with van der Waals surface area (Å²) in [7, 11) is 0. The number of aryl methyl sites for hydroxylation is 1. The van der Waals surface area contributed by atoms with E-state index < -0.39 is 0 Å². The summed E-state index contributed by atoms with van der Waals surface area (Å²) >= 11 is 0. The van der Waals surface area contributed by atoms with Gasteiger partial charge in [-0.25, -0.2) is 0 Å². The Balaban J connectivity index is 1.39. The quantitative estimate of drug-likeness (QED) is 0.568. The van der Waals surface area contributed by atoms with Crippen molar-refractivity contribution in [3.8, 4) is 11.3 Å². The van der Waals surface area contributed by atoms with Gasteiger partial charge in [-0.15, -0.1) is 5.10 Å². The molecule has 2 aromatic heterocycles. The van der Waals surface area contributed by atoms with Crippen LogP contribution in [0.5, 0.6) is 0 Å². The Labute approximate surface area is 145 Å². The normalized spacial score (nSPS) is 12.5. The van der Waals surface area contributed by atoms with Crippen molar-refractivity contribution in [3.63, 3.8) is 0 Å². The fraction of sp³-hybridized carbons (Fsp3) is 0.211. The first-order chi connectivity index (χ1) is 12.3. The van der Waals surface area contributed by atoms with Gasteiger partial charge in [-0.1, -0.05) is 41.6 Å². The van der Waals surface area contributed by atoms with Gasteiger partial charge in [0, 0.05) is 23.5 Å². The number of hydrogen-bond donors (Lipinski definition) is 2. The fourth-order valence-corrected chi connectivity index (χ4v) is 2.96. The van der Waals surface area contributed by atoms with Gasteiger partial charge in [-0.2, -0.15) is 5.10 Å². The molecule has 1 atom stereocenters. The topological polar surface area (TPSA) is 85.4 Å². The summed E-state index contributed by atoms with van der Waals surface area (Å²) in [6.07, 6.45) is 5.51. The smallest absolute Gasteiger partial charge is 0.113 e. The molecule has 4 aromatic rings. The van der Waals surface area contributed by atoms with E-state index in [9.17, 15) is 0 Å². The molecule has 0 aliphatic heterocycles. The van der Waals surface area contributed by atoms with Gasteiger partial charge in [0.05, 0.1) is 17.9 Å². The first kappa shape index (κ1) is 15.5. The lowest BCUT2D eigenvalue weighted by molar-refractivity contribution is 0.497. The van der Waals surface area contributed by atoms with Crippen molar-refractivity contribution < 1.29 is 0 Å². The van der Waals surface area contributed by atoms with Crippen molar-refractivity contribution in [2.75, 3.05) is 0 Å². The zero-order chi connectivity index (χ0) is 17.1. The van der Waals surface area contributed by atoms with Gasteiger partial charge in [0.25, 0.3) is 0 Å². The van der Waals surface area contributed by atoms with Crippen molar-refractivity contribution in [1.29, 1.82) is 0 Å². The van der Waals surface area contributed by atoms with Crippen LogP contribution in [0.4, 0.5) is 0 Å². The summed E-state index contributed by atoms with van der Waals surface area (Å²) in [5.41, 5.74) is 10.4. The maximum atomic E-state index is 6.25. The van der Waals surface area contributed by atoms with Crippen LogP contribution in [-0.2, 0) is 13.0 Å². The predicted octanol–water partition coefficient (Wildman–Crippen LogP) is 2.78. The van der Waals surface area contributed by atoms with Crippen molar-refractivity contribution in [2.24, 2.45) is 5.73 Å². The molecule has 0 bridgehead atoms. The highest BCUT2D eigenvalue weighted by Crippen LogP contribution is 2.21. The third-order valence-corrected chi connectivity index (χ3v) is 4.34. The van der Waals surface area contributed by atoms with Crippen LogP contribution in [0.3, 0.4) is 0 Å².